The molecule has 0 amide bonds. The standard InChI is InChI=1S/C55H92O6/c1-4-7-10-13-16-19-22-24-26-27-29-31-34-37-40-43-46-49-55(58)61-52(50-59-53(56)47-44-41-38-35-32-21-18-15-12-9-6-3)51-60-54(57)48-45-42-39-36-33-30-28-25-23-20-17-14-11-8-5-2/h7,10,15-20,24-26,28-29,31,52H,4-6,8-9,11-14,21-23,27,30,32-51H2,1-3H3/b10-7-,18-15-,19-16-,20-17-,26-24-,28-25-,31-29-/t52-/m0/s1. The molecule has 0 aliphatic heterocycles. The highest BCUT2D eigenvalue weighted by atomic mass is 16.6. The number of rotatable bonds is 44. The third-order valence-electron chi connectivity index (χ3n) is 10.4. The third kappa shape index (κ3) is 47.5. The number of unbranched alkanes of at least 4 members (excludes halogenated alkanes) is 19. The monoisotopic (exact) mass is 849 g/mol. The quantitative estimate of drug-likeness (QED) is 0.0263. The zero-order chi connectivity index (χ0) is 44.4. The number of allylic oxidation sites excluding steroid dienone is 14. The average Bonchev–Trinajstić information content (AvgIpc) is 3.26. The molecule has 6 nitrogen and oxygen atoms in total. The van der Waals surface area contributed by atoms with Crippen molar-refractivity contribution >= 4 is 17.9 Å². The summed E-state index contributed by atoms with van der Waals surface area (Å²) in [6.45, 7) is 6.41. The summed E-state index contributed by atoms with van der Waals surface area (Å²) in [6.07, 6.45) is 62.7. The highest BCUT2D eigenvalue weighted by Crippen LogP contribution is 2.13. The van der Waals surface area contributed by atoms with Crippen LogP contribution in [-0.2, 0) is 28.6 Å². The van der Waals surface area contributed by atoms with E-state index in [9.17, 15) is 14.4 Å². The van der Waals surface area contributed by atoms with Gasteiger partial charge in [0.2, 0.25) is 0 Å². The van der Waals surface area contributed by atoms with Gasteiger partial charge in [0.15, 0.2) is 6.10 Å². The molecule has 0 aromatic rings. The van der Waals surface area contributed by atoms with Gasteiger partial charge in [-0.3, -0.25) is 14.4 Å². The first-order valence-corrected chi connectivity index (χ1v) is 25.1. The molecular formula is C55H92O6. The van der Waals surface area contributed by atoms with Gasteiger partial charge < -0.3 is 14.2 Å². The largest absolute Gasteiger partial charge is 0.462 e. The Balaban J connectivity index is 4.46. The van der Waals surface area contributed by atoms with Gasteiger partial charge in [-0.1, -0.05) is 183 Å². The second-order valence-corrected chi connectivity index (χ2v) is 16.3. The number of esters is 3. The molecule has 6 heteroatoms. The smallest absolute Gasteiger partial charge is 0.306 e. The first kappa shape index (κ1) is 57.6. The van der Waals surface area contributed by atoms with Crippen molar-refractivity contribution in [2.45, 2.75) is 232 Å². The molecule has 0 aromatic heterocycles. The van der Waals surface area contributed by atoms with E-state index in [2.05, 4.69) is 106 Å². The van der Waals surface area contributed by atoms with E-state index in [0.717, 1.165) is 135 Å². The van der Waals surface area contributed by atoms with Crippen LogP contribution in [0, 0.1) is 0 Å². The molecule has 0 aliphatic carbocycles. The van der Waals surface area contributed by atoms with Crippen molar-refractivity contribution in [2.24, 2.45) is 0 Å². The summed E-state index contributed by atoms with van der Waals surface area (Å²) in [4.78, 5) is 37.9. The third-order valence-corrected chi connectivity index (χ3v) is 10.4. The van der Waals surface area contributed by atoms with Crippen molar-refractivity contribution in [2.75, 3.05) is 13.2 Å². The molecule has 0 aliphatic rings. The van der Waals surface area contributed by atoms with Gasteiger partial charge in [-0.15, -0.1) is 0 Å². The van der Waals surface area contributed by atoms with Crippen LogP contribution < -0.4 is 0 Å². The lowest BCUT2D eigenvalue weighted by molar-refractivity contribution is -0.167. The Morgan fingerprint density at radius 2 is 0.656 bits per heavy atom. The van der Waals surface area contributed by atoms with Crippen LogP contribution in [0.4, 0.5) is 0 Å². The second kappa shape index (κ2) is 49.2. The van der Waals surface area contributed by atoms with Crippen molar-refractivity contribution in [1.29, 1.82) is 0 Å². The fourth-order valence-electron chi connectivity index (χ4n) is 6.56. The molecular weight excluding hydrogens is 757 g/mol. The van der Waals surface area contributed by atoms with Gasteiger partial charge >= 0.3 is 17.9 Å². The van der Waals surface area contributed by atoms with Crippen molar-refractivity contribution in [3.05, 3.63) is 85.1 Å². The number of hydrogen-bond acceptors (Lipinski definition) is 6. The van der Waals surface area contributed by atoms with Gasteiger partial charge in [0, 0.05) is 19.3 Å². The summed E-state index contributed by atoms with van der Waals surface area (Å²) >= 11 is 0. The fourth-order valence-corrected chi connectivity index (χ4v) is 6.56. The van der Waals surface area contributed by atoms with E-state index in [1.807, 2.05) is 0 Å². The minimum Gasteiger partial charge on any atom is -0.462 e. The zero-order valence-electron chi connectivity index (χ0n) is 39.7. The fraction of sp³-hybridized carbons (Fsp3) is 0.691. The number of carbonyl (C=O) groups excluding carboxylic acids is 3. The maximum absolute atomic E-state index is 12.8. The molecule has 0 bridgehead atoms. The molecule has 1 atom stereocenters. The molecule has 0 fully saturated rings. The normalized spacial score (nSPS) is 12.8. The minimum absolute atomic E-state index is 0.0964. The summed E-state index contributed by atoms with van der Waals surface area (Å²) < 4.78 is 16.7. The summed E-state index contributed by atoms with van der Waals surface area (Å²) in [5.41, 5.74) is 0. The van der Waals surface area contributed by atoms with Crippen LogP contribution >= 0.6 is 0 Å². The van der Waals surface area contributed by atoms with E-state index in [4.69, 9.17) is 14.2 Å². The maximum Gasteiger partial charge on any atom is 0.306 e. The molecule has 0 aromatic carbocycles. The molecule has 0 heterocycles. The summed E-state index contributed by atoms with van der Waals surface area (Å²) in [6, 6.07) is 0. The summed E-state index contributed by atoms with van der Waals surface area (Å²) in [7, 11) is 0. The molecule has 0 N–H and O–H groups in total. The van der Waals surface area contributed by atoms with Gasteiger partial charge in [-0.25, -0.2) is 0 Å². The van der Waals surface area contributed by atoms with E-state index < -0.39 is 6.10 Å². The Labute approximate surface area is 375 Å². The number of carbonyl (C=O) groups is 3. The van der Waals surface area contributed by atoms with Crippen LogP contribution in [0.3, 0.4) is 0 Å². The van der Waals surface area contributed by atoms with Crippen LogP contribution in [0.25, 0.3) is 0 Å². The van der Waals surface area contributed by atoms with Crippen LogP contribution in [-0.4, -0.2) is 37.2 Å². The lowest BCUT2D eigenvalue weighted by Crippen LogP contribution is -2.30. The van der Waals surface area contributed by atoms with Gasteiger partial charge in [-0.2, -0.15) is 0 Å². The molecule has 0 spiro atoms. The molecule has 0 unspecified atom stereocenters. The minimum atomic E-state index is -0.798. The Kier molecular flexibility index (Phi) is 46.5. The van der Waals surface area contributed by atoms with Crippen LogP contribution in [0.1, 0.15) is 226 Å². The molecule has 61 heavy (non-hydrogen) atoms. The highest BCUT2D eigenvalue weighted by molar-refractivity contribution is 5.71. The van der Waals surface area contributed by atoms with Crippen LogP contribution in [0.15, 0.2) is 85.1 Å². The van der Waals surface area contributed by atoms with Crippen molar-refractivity contribution in [3.63, 3.8) is 0 Å². The lowest BCUT2D eigenvalue weighted by Gasteiger charge is -2.18. The zero-order valence-corrected chi connectivity index (χ0v) is 39.7. The first-order valence-electron chi connectivity index (χ1n) is 25.1. The molecule has 0 radical (unpaired) electrons. The Hall–Kier alpha value is -3.41. The highest BCUT2D eigenvalue weighted by Gasteiger charge is 2.19. The predicted octanol–water partition coefficient (Wildman–Crippen LogP) is 16.4. The Bertz CT molecular complexity index is 1200. The Morgan fingerprint density at radius 3 is 1.07 bits per heavy atom. The van der Waals surface area contributed by atoms with Gasteiger partial charge in [0.1, 0.15) is 13.2 Å². The average molecular weight is 849 g/mol. The van der Waals surface area contributed by atoms with E-state index >= 15 is 0 Å². The van der Waals surface area contributed by atoms with Gasteiger partial charge in [-0.05, 0) is 109 Å². The molecule has 348 valence electrons. The first-order chi connectivity index (χ1) is 30.0. The van der Waals surface area contributed by atoms with E-state index in [0.29, 0.717) is 19.3 Å². The molecule has 0 saturated carbocycles. The molecule has 0 rings (SSSR count). The van der Waals surface area contributed by atoms with Gasteiger partial charge in [0.05, 0.1) is 0 Å². The number of ether oxygens (including phenoxy) is 3. The van der Waals surface area contributed by atoms with E-state index in [1.165, 1.54) is 51.4 Å². The van der Waals surface area contributed by atoms with Gasteiger partial charge in [0.25, 0.3) is 0 Å². The summed E-state index contributed by atoms with van der Waals surface area (Å²) in [5, 5.41) is 0. The number of hydrogen-bond donors (Lipinski definition) is 0. The predicted molar refractivity (Wildman–Crippen MR) is 261 cm³/mol. The maximum atomic E-state index is 12.8. The summed E-state index contributed by atoms with van der Waals surface area (Å²) in [5.74, 6) is -0.947. The van der Waals surface area contributed by atoms with E-state index in [-0.39, 0.29) is 31.1 Å². The Morgan fingerprint density at radius 1 is 0.344 bits per heavy atom. The lowest BCUT2D eigenvalue weighted by atomic mass is 10.1. The van der Waals surface area contributed by atoms with Crippen molar-refractivity contribution in [1.82, 2.24) is 0 Å². The van der Waals surface area contributed by atoms with Crippen LogP contribution in [0.5, 0.6) is 0 Å². The van der Waals surface area contributed by atoms with E-state index in [1.54, 1.807) is 0 Å². The molecule has 0 saturated heterocycles. The second-order valence-electron chi connectivity index (χ2n) is 16.3. The van der Waals surface area contributed by atoms with Crippen molar-refractivity contribution < 1.29 is 28.6 Å². The van der Waals surface area contributed by atoms with Crippen molar-refractivity contribution in [3.8, 4) is 0 Å². The van der Waals surface area contributed by atoms with Crippen LogP contribution in [0.2, 0.25) is 0 Å². The topological polar surface area (TPSA) is 78.9 Å². The SMILES string of the molecule is CC/C=C\C/C=C\C/C=C\C/C=C\CCCCCCC(=O)O[C@H](COC(=O)CCCCCCC/C=C\C/C=C\CCCCC)COC(=O)CCCCCCC/C=C\CCCC.